The van der Waals surface area contributed by atoms with Gasteiger partial charge in [0.1, 0.15) is 5.69 Å². The lowest BCUT2D eigenvalue weighted by atomic mass is 10.1. The van der Waals surface area contributed by atoms with E-state index in [0.717, 1.165) is 5.56 Å². The van der Waals surface area contributed by atoms with Gasteiger partial charge in [0, 0.05) is 30.7 Å². The zero-order chi connectivity index (χ0) is 20.5. The molecule has 5 aromatic rings. The first kappa shape index (κ1) is 17.8. The molecular weight excluding hydrogens is 384 g/mol. The molecule has 0 fully saturated rings. The molecule has 0 spiro atoms. The Labute approximate surface area is 170 Å². The average molecular weight is 400 g/mol. The number of rotatable bonds is 5. The summed E-state index contributed by atoms with van der Waals surface area (Å²) in [6.07, 6.45) is 6.71. The van der Waals surface area contributed by atoms with Crippen molar-refractivity contribution in [2.75, 3.05) is 0 Å². The van der Waals surface area contributed by atoms with Crippen LogP contribution in [0.25, 0.3) is 28.4 Å². The first-order valence-corrected chi connectivity index (χ1v) is 9.24. The van der Waals surface area contributed by atoms with E-state index in [-0.39, 0.29) is 18.2 Å². The van der Waals surface area contributed by atoms with Crippen molar-refractivity contribution < 1.29 is 13.7 Å². The van der Waals surface area contributed by atoms with Gasteiger partial charge in [0.15, 0.2) is 11.6 Å². The van der Waals surface area contributed by atoms with Gasteiger partial charge in [-0.1, -0.05) is 11.2 Å². The molecule has 0 aliphatic heterocycles. The summed E-state index contributed by atoms with van der Waals surface area (Å²) in [5.41, 5.74) is 2.60. The highest BCUT2D eigenvalue weighted by molar-refractivity contribution is 6.06. The number of carbonyl (C=O) groups is 1. The van der Waals surface area contributed by atoms with Crippen molar-refractivity contribution in [3.8, 4) is 17.3 Å². The molecule has 0 radical (unpaired) electrons. The molecule has 0 bridgehead atoms. The van der Waals surface area contributed by atoms with Crippen molar-refractivity contribution in [2.45, 2.75) is 13.5 Å². The summed E-state index contributed by atoms with van der Waals surface area (Å²) < 4.78 is 12.4. The quantitative estimate of drug-likeness (QED) is 0.482. The van der Waals surface area contributed by atoms with Crippen LogP contribution in [0.1, 0.15) is 21.6 Å². The molecule has 0 saturated heterocycles. The van der Waals surface area contributed by atoms with Gasteiger partial charge in [-0.15, -0.1) is 0 Å². The van der Waals surface area contributed by atoms with E-state index in [1.807, 2.05) is 18.2 Å². The number of carbonyl (C=O) groups excluding carboxylic acids is 1. The lowest BCUT2D eigenvalue weighted by Gasteiger charge is -2.10. The van der Waals surface area contributed by atoms with Crippen LogP contribution in [-0.4, -0.2) is 30.8 Å². The summed E-state index contributed by atoms with van der Waals surface area (Å²) in [5, 5.41) is 11.7. The SMILES string of the molecule is Cc1noc2nc(-c3ccco3)cc(C(=O)NCc3cccnc3-n3cccn3)c12. The molecule has 0 unspecified atom stereocenters. The maximum atomic E-state index is 13.1. The van der Waals surface area contributed by atoms with E-state index in [9.17, 15) is 4.79 Å². The minimum atomic E-state index is -0.281. The van der Waals surface area contributed by atoms with Crippen molar-refractivity contribution in [1.82, 2.24) is 30.2 Å². The van der Waals surface area contributed by atoms with Crippen LogP contribution in [-0.2, 0) is 6.54 Å². The van der Waals surface area contributed by atoms with Crippen LogP contribution in [0.15, 0.2) is 70.2 Å². The summed E-state index contributed by atoms with van der Waals surface area (Å²) in [4.78, 5) is 21.9. The van der Waals surface area contributed by atoms with Crippen molar-refractivity contribution in [1.29, 1.82) is 0 Å². The summed E-state index contributed by atoms with van der Waals surface area (Å²) >= 11 is 0. The molecule has 9 nitrogen and oxygen atoms in total. The van der Waals surface area contributed by atoms with Crippen LogP contribution in [0.5, 0.6) is 0 Å². The lowest BCUT2D eigenvalue weighted by Crippen LogP contribution is -2.24. The second-order valence-electron chi connectivity index (χ2n) is 6.60. The van der Waals surface area contributed by atoms with Crippen molar-refractivity contribution in [2.24, 2.45) is 0 Å². The third-order valence-corrected chi connectivity index (χ3v) is 4.66. The van der Waals surface area contributed by atoms with Crippen LogP contribution in [0.3, 0.4) is 0 Å². The van der Waals surface area contributed by atoms with E-state index in [2.05, 4.69) is 25.5 Å². The smallest absolute Gasteiger partial charge is 0.259 e. The van der Waals surface area contributed by atoms with E-state index in [0.29, 0.717) is 33.9 Å². The van der Waals surface area contributed by atoms with Crippen LogP contribution in [0.4, 0.5) is 0 Å². The standard InChI is InChI=1S/C21H16N6O3/c1-13-18-15(11-16(17-6-3-10-29-17)25-21(18)30-26-13)20(28)23-12-14-5-2-7-22-19(14)27-9-4-8-24-27/h2-11H,12H2,1H3,(H,23,28). The second kappa shape index (κ2) is 7.28. The largest absolute Gasteiger partial charge is 0.463 e. The second-order valence-corrected chi connectivity index (χ2v) is 6.60. The molecule has 30 heavy (non-hydrogen) atoms. The topological polar surface area (TPSA) is 112 Å². The third kappa shape index (κ3) is 3.12. The van der Waals surface area contributed by atoms with Gasteiger partial charge in [-0.05, 0) is 37.3 Å². The van der Waals surface area contributed by atoms with Crippen molar-refractivity contribution in [3.63, 3.8) is 0 Å². The molecule has 9 heteroatoms. The zero-order valence-electron chi connectivity index (χ0n) is 15.9. The molecule has 148 valence electrons. The molecular formula is C21H16N6O3. The fourth-order valence-corrected chi connectivity index (χ4v) is 3.26. The van der Waals surface area contributed by atoms with E-state index < -0.39 is 0 Å². The molecule has 0 aliphatic carbocycles. The maximum absolute atomic E-state index is 13.1. The number of hydrogen-bond donors (Lipinski definition) is 1. The highest BCUT2D eigenvalue weighted by Gasteiger charge is 2.20. The summed E-state index contributed by atoms with van der Waals surface area (Å²) in [5.74, 6) is 0.908. The Balaban J connectivity index is 1.48. The third-order valence-electron chi connectivity index (χ3n) is 4.66. The highest BCUT2D eigenvalue weighted by atomic mass is 16.5. The number of nitrogens with one attached hydrogen (secondary N) is 1. The predicted molar refractivity (Wildman–Crippen MR) is 107 cm³/mol. The molecule has 0 aliphatic rings. The maximum Gasteiger partial charge on any atom is 0.259 e. The number of nitrogens with zero attached hydrogens (tertiary/aromatic N) is 5. The van der Waals surface area contributed by atoms with Gasteiger partial charge in [-0.3, -0.25) is 4.79 Å². The zero-order valence-corrected chi connectivity index (χ0v) is 15.9. The summed E-state index contributed by atoms with van der Waals surface area (Å²) in [6, 6.07) is 10.7. The van der Waals surface area contributed by atoms with Gasteiger partial charge in [0.05, 0.1) is 22.9 Å². The van der Waals surface area contributed by atoms with Gasteiger partial charge in [-0.2, -0.15) is 5.10 Å². The highest BCUT2D eigenvalue weighted by Crippen LogP contribution is 2.27. The fourth-order valence-electron chi connectivity index (χ4n) is 3.26. The number of furan rings is 1. The van der Waals surface area contributed by atoms with Crippen molar-refractivity contribution in [3.05, 3.63) is 78.1 Å². The van der Waals surface area contributed by atoms with Crippen LogP contribution < -0.4 is 5.32 Å². The summed E-state index contributed by atoms with van der Waals surface area (Å²) in [6.45, 7) is 2.04. The van der Waals surface area contributed by atoms with Gasteiger partial charge in [-0.25, -0.2) is 14.6 Å². The first-order valence-electron chi connectivity index (χ1n) is 9.24. The Morgan fingerprint density at radius 3 is 2.93 bits per heavy atom. The summed E-state index contributed by atoms with van der Waals surface area (Å²) in [7, 11) is 0. The molecule has 5 heterocycles. The molecule has 5 aromatic heterocycles. The van der Waals surface area contributed by atoms with Gasteiger partial charge in [0.2, 0.25) is 0 Å². The normalized spacial score (nSPS) is 11.1. The molecule has 0 aromatic carbocycles. The molecule has 1 amide bonds. The number of pyridine rings is 2. The molecule has 0 saturated carbocycles. The number of hydrogen-bond acceptors (Lipinski definition) is 7. The molecule has 0 atom stereocenters. The predicted octanol–water partition coefficient (Wildman–Crippen LogP) is 3.30. The Morgan fingerprint density at radius 1 is 1.20 bits per heavy atom. The average Bonchev–Trinajstić information content (AvgIpc) is 3.54. The van der Waals surface area contributed by atoms with E-state index >= 15 is 0 Å². The van der Waals surface area contributed by atoms with Gasteiger partial charge < -0.3 is 14.3 Å². The minimum absolute atomic E-state index is 0.270. The minimum Gasteiger partial charge on any atom is -0.463 e. The Kier molecular flexibility index (Phi) is 4.32. The van der Waals surface area contributed by atoms with Crippen LogP contribution >= 0.6 is 0 Å². The van der Waals surface area contributed by atoms with Crippen LogP contribution in [0, 0.1) is 6.92 Å². The monoisotopic (exact) mass is 400 g/mol. The number of amides is 1. The van der Waals surface area contributed by atoms with E-state index in [1.54, 1.807) is 54.7 Å². The number of aromatic nitrogens is 5. The Bertz CT molecular complexity index is 1320. The lowest BCUT2D eigenvalue weighted by molar-refractivity contribution is 0.0952. The van der Waals surface area contributed by atoms with E-state index in [1.165, 1.54) is 0 Å². The van der Waals surface area contributed by atoms with Gasteiger partial charge in [0.25, 0.3) is 11.6 Å². The van der Waals surface area contributed by atoms with Crippen molar-refractivity contribution >= 4 is 17.0 Å². The number of aryl methyl sites for hydroxylation is 1. The first-order chi connectivity index (χ1) is 14.7. The molecule has 1 N–H and O–H groups in total. The van der Waals surface area contributed by atoms with Gasteiger partial charge >= 0.3 is 0 Å². The Hall–Kier alpha value is -4.27. The number of fused-ring (bicyclic) bond motifs is 1. The molecule has 5 rings (SSSR count). The Morgan fingerprint density at radius 2 is 2.13 bits per heavy atom. The van der Waals surface area contributed by atoms with E-state index in [4.69, 9.17) is 8.94 Å². The van der Waals surface area contributed by atoms with Crippen LogP contribution in [0.2, 0.25) is 0 Å². The fraction of sp³-hybridized carbons (Fsp3) is 0.0952.